The number of rotatable bonds is 7. The predicted molar refractivity (Wildman–Crippen MR) is 128 cm³/mol. The molecule has 0 radical (unpaired) electrons. The van der Waals surface area contributed by atoms with Gasteiger partial charge in [-0.25, -0.2) is 4.39 Å². The maximum absolute atomic E-state index is 13.4. The molecule has 3 rings (SSSR count). The van der Waals surface area contributed by atoms with Crippen LogP contribution in [-0.2, 0) is 11.3 Å². The van der Waals surface area contributed by atoms with Crippen molar-refractivity contribution in [3.05, 3.63) is 75.6 Å². The number of non-ortho nitro benzene ring substituents is 1. The molecule has 1 atom stereocenters. The van der Waals surface area contributed by atoms with Gasteiger partial charge in [-0.1, -0.05) is 24.3 Å². The van der Waals surface area contributed by atoms with E-state index in [1.807, 2.05) is 12.1 Å². The van der Waals surface area contributed by atoms with E-state index in [0.29, 0.717) is 32.3 Å². The highest BCUT2D eigenvalue weighted by atomic mass is 127. The summed E-state index contributed by atoms with van der Waals surface area (Å²) >= 11 is 0. The van der Waals surface area contributed by atoms with Crippen LogP contribution in [0.3, 0.4) is 0 Å². The fraction of sp³-hybridized carbons (Fsp3) is 0.381. The van der Waals surface area contributed by atoms with Crippen molar-refractivity contribution in [3.63, 3.8) is 0 Å². The van der Waals surface area contributed by atoms with Crippen LogP contribution in [0.4, 0.5) is 10.1 Å². The van der Waals surface area contributed by atoms with Gasteiger partial charge in [0, 0.05) is 45.4 Å². The summed E-state index contributed by atoms with van der Waals surface area (Å²) in [4.78, 5) is 16.9. The first-order valence-corrected chi connectivity index (χ1v) is 9.82. The third-order valence-electron chi connectivity index (χ3n) is 5.03. The molecule has 1 saturated heterocycles. The van der Waals surface area contributed by atoms with E-state index in [1.54, 1.807) is 19.2 Å². The molecule has 2 N–H and O–H groups in total. The third kappa shape index (κ3) is 7.40. The SMILES string of the molecule is CN=C(NCc1ccc([N+](=O)[O-])cc1)NCC(c1ccc(F)cc1)N1CCOCC1.I. The van der Waals surface area contributed by atoms with Crippen molar-refractivity contribution in [1.29, 1.82) is 0 Å². The van der Waals surface area contributed by atoms with E-state index >= 15 is 0 Å². The van der Waals surface area contributed by atoms with Crippen LogP contribution in [0.15, 0.2) is 53.5 Å². The molecule has 1 aliphatic heterocycles. The van der Waals surface area contributed by atoms with Crippen molar-refractivity contribution in [1.82, 2.24) is 15.5 Å². The summed E-state index contributed by atoms with van der Waals surface area (Å²) in [5.74, 6) is 0.363. The van der Waals surface area contributed by atoms with Crippen LogP contribution in [0, 0.1) is 15.9 Å². The van der Waals surface area contributed by atoms with E-state index in [4.69, 9.17) is 4.74 Å². The van der Waals surface area contributed by atoms with Gasteiger partial charge in [0.15, 0.2) is 5.96 Å². The van der Waals surface area contributed by atoms with Gasteiger partial charge < -0.3 is 15.4 Å². The van der Waals surface area contributed by atoms with Crippen molar-refractivity contribution >= 4 is 35.6 Å². The topological polar surface area (TPSA) is 92.0 Å². The van der Waals surface area contributed by atoms with Gasteiger partial charge >= 0.3 is 0 Å². The van der Waals surface area contributed by atoms with Crippen LogP contribution in [0.5, 0.6) is 0 Å². The molecule has 0 aliphatic carbocycles. The van der Waals surface area contributed by atoms with E-state index < -0.39 is 4.92 Å². The van der Waals surface area contributed by atoms with Gasteiger partial charge in [0.05, 0.1) is 24.2 Å². The van der Waals surface area contributed by atoms with Gasteiger partial charge in [-0.05, 0) is 23.3 Å². The Kier molecular flexibility index (Phi) is 10.1. The second-order valence-corrected chi connectivity index (χ2v) is 6.95. The van der Waals surface area contributed by atoms with E-state index in [1.165, 1.54) is 24.3 Å². The van der Waals surface area contributed by atoms with Crippen LogP contribution >= 0.6 is 24.0 Å². The first kappa shape index (κ1) is 25.0. The van der Waals surface area contributed by atoms with Crippen molar-refractivity contribution < 1.29 is 14.1 Å². The molecule has 168 valence electrons. The molecule has 2 aromatic carbocycles. The van der Waals surface area contributed by atoms with Crippen molar-refractivity contribution in [2.45, 2.75) is 12.6 Å². The normalized spacial score (nSPS) is 15.6. The zero-order valence-corrected chi connectivity index (χ0v) is 19.6. The van der Waals surface area contributed by atoms with E-state index in [2.05, 4.69) is 20.5 Å². The molecular formula is C21H27FIN5O3. The van der Waals surface area contributed by atoms with Gasteiger partial charge in [0.2, 0.25) is 0 Å². The number of guanidine groups is 1. The van der Waals surface area contributed by atoms with Gasteiger partial charge in [-0.2, -0.15) is 0 Å². The van der Waals surface area contributed by atoms with Crippen LogP contribution in [0.2, 0.25) is 0 Å². The Balaban J connectivity index is 0.00000341. The molecule has 0 spiro atoms. The number of ether oxygens (including phenoxy) is 1. The van der Waals surface area contributed by atoms with Crippen LogP contribution < -0.4 is 10.6 Å². The number of halogens is 2. The number of hydrogen-bond donors (Lipinski definition) is 2. The number of hydrogen-bond acceptors (Lipinski definition) is 5. The fourth-order valence-corrected chi connectivity index (χ4v) is 3.37. The summed E-state index contributed by atoms with van der Waals surface area (Å²) in [5.41, 5.74) is 2.00. The van der Waals surface area contributed by atoms with Gasteiger partial charge in [-0.15, -0.1) is 24.0 Å². The molecular weight excluding hydrogens is 516 g/mol. The highest BCUT2D eigenvalue weighted by Gasteiger charge is 2.23. The molecule has 0 aromatic heterocycles. The summed E-state index contributed by atoms with van der Waals surface area (Å²) in [5, 5.41) is 17.3. The predicted octanol–water partition coefficient (Wildman–Crippen LogP) is 3.09. The summed E-state index contributed by atoms with van der Waals surface area (Å²) in [6, 6.07) is 13.0. The quantitative estimate of drug-likeness (QED) is 0.184. The Morgan fingerprint density at radius 3 is 2.39 bits per heavy atom. The maximum Gasteiger partial charge on any atom is 0.269 e. The lowest BCUT2D eigenvalue weighted by molar-refractivity contribution is -0.384. The largest absolute Gasteiger partial charge is 0.379 e. The average molecular weight is 543 g/mol. The average Bonchev–Trinajstić information content (AvgIpc) is 2.78. The molecule has 1 unspecified atom stereocenters. The number of aliphatic imine (C=N–C) groups is 1. The highest BCUT2D eigenvalue weighted by molar-refractivity contribution is 14.0. The lowest BCUT2D eigenvalue weighted by atomic mass is 10.0. The number of nitro benzene ring substituents is 1. The zero-order valence-electron chi connectivity index (χ0n) is 17.3. The summed E-state index contributed by atoms with van der Waals surface area (Å²) in [7, 11) is 1.69. The van der Waals surface area contributed by atoms with E-state index in [9.17, 15) is 14.5 Å². The molecule has 1 fully saturated rings. The number of nitrogens with one attached hydrogen (secondary N) is 2. The zero-order chi connectivity index (χ0) is 21.3. The highest BCUT2D eigenvalue weighted by Crippen LogP contribution is 2.21. The lowest BCUT2D eigenvalue weighted by Gasteiger charge is -2.35. The Bertz CT molecular complexity index is 858. The van der Waals surface area contributed by atoms with Gasteiger partial charge in [-0.3, -0.25) is 20.0 Å². The van der Waals surface area contributed by atoms with Crippen LogP contribution in [0.25, 0.3) is 0 Å². The monoisotopic (exact) mass is 543 g/mol. The molecule has 0 amide bonds. The van der Waals surface area contributed by atoms with Crippen LogP contribution in [-0.4, -0.2) is 55.7 Å². The molecule has 1 aliphatic rings. The van der Waals surface area contributed by atoms with Crippen molar-refractivity contribution in [3.8, 4) is 0 Å². The number of benzene rings is 2. The minimum absolute atomic E-state index is 0. The number of morpholine rings is 1. The molecule has 0 bridgehead atoms. The maximum atomic E-state index is 13.4. The number of nitro groups is 1. The summed E-state index contributed by atoms with van der Waals surface area (Å²) in [6.07, 6.45) is 0. The molecule has 8 nitrogen and oxygen atoms in total. The molecule has 10 heteroatoms. The van der Waals surface area contributed by atoms with Crippen LogP contribution in [0.1, 0.15) is 17.2 Å². The summed E-state index contributed by atoms with van der Waals surface area (Å²) in [6.45, 7) is 4.02. The Hall–Kier alpha value is -2.31. The van der Waals surface area contributed by atoms with E-state index in [-0.39, 0.29) is 41.5 Å². The minimum Gasteiger partial charge on any atom is -0.379 e. The Labute approximate surface area is 198 Å². The second kappa shape index (κ2) is 12.5. The Morgan fingerprint density at radius 2 is 1.81 bits per heavy atom. The molecule has 1 heterocycles. The molecule has 31 heavy (non-hydrogen) atoms. The Morgan fingerprint density at radius 1 is 1.16 bits per heavy atom. The summed E-state index contributed by atoms with van der Waals surface area (Å²) < 4.78 is 18.8. The minimum atomic E-state index is -0.418. The van der Waals surface area contributed by atoms with E-state index in [0.717, 1.165) is 24.2 Å². The lowest BCUT2D eigenvalue weighted by Crippen LogP contribution is -2.46. The first-order valence-electron chi connectivity index (χ1n) is 9.82. The van der Waals surface area contributed by atoms with Gasteiger partial charge in [0.25, 0.3) is 5.69 Å². The van der Waals surface area contributed by atoms with Crippen molar-refractivity contribution in [2.75, 3.05) is 39.9 Å². The van der Waals surface area contributed by atoms with Crippen molar-refractivity contribution in [2.24, 2.45) is 4.99 Å². The third-order valence-corrected chi connectivity index (χ3v) is 5.03. The second-order valence-electron chi connectivity index (χ2n) is 6.95. The molecule has 0 saturated carbocycles. The first-order chi connectivity index (χ1) is 14.6. The standard InChI is InChI=1S/C21H26FN5O3.HI/c1-23-21(24-14-16-2-8-19(9-3-16)27(28)29)25-15-20(26-10-12-30-13-11-26)17-4-6-18(22)7-5-17;/h2-9,20H,10-15H2,1H3,(H2,23,24,25);1H. The fourth-order valence-electron chi connectivity index (χ4n) is 3.37. The number of nitrogens with zero attached hydrogens (tertiary/aromatic N) is 3. The smallest absolute Gasteiger partial charge is 0.269 e. The molecule has 2 aromatic rings. The van der Waals surface area contributed by atoms with Gasteiger partial charge in [0.1, 0.15) is 5.82 Å².